The van der Waals surface area contributed by atoms with Gasteiger partial charge in [0.05, 0.1) is 0 Å². The Balaban J connectivity index is 1.80. The molecule has 2 rings (SSSR count). The minimum atomic E-state index is 0.820. The van der Waals surface area contributed by atoms with E-state index in [1.807, 2.05) is 0 Å². The third kappa shape index (κ3) is 2.96. The Kier molecular flexibility index (Phi) is 3.62. The lowest BCUT2D eigenvalue weighted by atomic mass is 10.0. The highest BCUT2D eigenvalue weighted by atomic mass is 15.0. The third-order valence-electron chi connectivity index (χ3n) is 2.95. The van der Waals surface area contributed by atoms with Gasteiger partial charge >= 0.3 is 0 Å². The van der Waals surface area contributed by atoms with E-state index >= 15 is 0 Å². The first-order valence-corrected chi connectivity index (χ1v) is 5.92. The van der Waals surface area contributed by atoms with Crippen molar-refractivity contribution >= 4 is 5.69 Å². The Bertz CT molecular complexity index is 288. The summed E-state index contributed by atoms with van der Waals surface area (Å²) >= 11 is 0. The normalized spacial score (nSPS) is 16.1. The molecule has 1 aliphatic heterocycles. The van der Waals surface area contributed by atoms with Crippen LogP contribution in [0.4, 0.5) is 5.69 Å². The number of anilines is 1. The lowest BCUT2D eigenvalue weighted by Crippen LogP contribution is -2.45. The summed E-state index contributed by atoms with van der Waals surface area (Å²) in [6, 6.07) is 8.84. The molecule has 0 amide bonds. The van der Waals surface area contributed by atoms with E-state index in [0.717, 1.165) is 12.5 Å². The predicted octanol–water partition coefficient (Wildman–Crippen LogP) is 2.27. The Morgan fingerprint density at radius 1 is 1.27 bits per heavy atom. The molecule has 82 valence electrons. The molecule has 15 heavy (non-hydrogen) atoms. The van der Waals surface area contributed by atoms with Gasteiger partial charge in [-0.1, -0.05) is 25.5 Å². The minimum absolute atomic E-state index is 0.820. The molecule has 1 heterocycles. The molecule has 0 atom stereocenters. The molecular formula is C13H20N2. The molecule has 1 aliphatic rings. The highest BCUT2D eigenvalue weighted by Gasteiger charge is 2.15. The van der Waals surface area contributed by atoms with Crippen LogP contribution in [0.25, 0.3) is 0 Å². The van der Waals surface area contributed by atoms with Gasteiger partial charge in [0.1, 0.15) is 0 Å². The van der Waals surface area contributed by atoms with Crippen molar-refractivity contribution in [1.29, 1.82) is 0 Å². The van der Waals surface area contributed by atoms with Gasteiger partial charge in [0.15, 0.2) is 0 Å². The maximum absolute atomic E-state index is 3.48. The SMILES string of the molecule is CCCc1ccc(NCC2CNC2)cc1. The Morgan fingerprint density at radius 2 is 2.00 bits per heavy atom. The van der Waals surface area contributed by atoms with E-state index in [9.17, 15) is 0 Å². The largest absolute Gasteiger partial charge is 0.385 e. The zero-order valence-electron chi connectivity index (χ0n) is 9.42. The van der Waals surface area contributed by atoms with Crippen LogP contribution in [0.15, 0.2) is 24.3 Å². The smallest absolute Gasteiger partial charge is 0.0340 e. The van der Waals surface area contributed by atoms with Gasteiger partial charge in [0.2, 0.25) is 0 Å². The topological polar surface area (TPSA) is 24.1 Å². The van der Waals surface area contributed by atoms with Crippen LogP contribution in [0, 0.1) is 5.92 Å². The maximum atomic E-state index is 3.48. The molecule has 0 saturated carbocycles. The van der Waals surface area contributed by atoms with Gasteiger partial charge < -0.3 is 10.6 Å². The van der Waals surface area contributed by atoms with E-state index < -0.39 is 0 Å². The van der Waals surface area contributed by atoms with E-state index in [2.05, 4.69) is 41.8 Å². The highest BCUT2D eigenvalue weighted by molar-refractivity contribution is 5.44. The molecule has 1 aromatic carbocycles. The van der Waals surface area contributed by atoms with Crippen molar-refractivity contribution in [2.45, 2.75) is 19.8 Å². The number of hydrogen-bond donors (Lipinski definition) is 2. The lowest BCUT2D eigenvalue weighted by molar-refractivity contribution is 0.365. The van der Waals surface area contributed by atoms with Crippen molar-refractivity contribution in [3.8, 4) is 0 Å². The fourth-order valence-corrected chi connectivity index (χ4v) is 1.83. The molecule has 0 bridgehead atoms. The molecule has 2 nitrogen and oxygen atoms in total. The molecule has 1 aromatic rings. The van der Waals surface area contributed by atoms with Gasteiger partial charge in [-0.05, 0) is 24.1 Å². The second kappa shape index (κ2) is 5.17. The van der Waals surface area contributed by atoms with Crippen LogP contribution in [-0.4, -0.2) is 19.6 Å². The number of hydrogen-bond acceptors (Lipinski definition) is 2. The average Bonchev–Trinajstić information content (AvgIpc) is 2.19. The van der Waals surface area contributed by atoms with E-state index in [0.29, 0.717) is 0 Å². The molecule has 1 saturated heterocycles. The van der Waals surface area contributed by atoms with Crippen molar-refractivity contribution in [2.24, 2.45) is 5.92 Å². The van der Waals surface area contributed by atoms with Gasteiger partial charge in [-0.2, -0.15) is 0 Å². The van der Waals surface area contributed by atoms with Crippen molar-refractivity contribution in [2.75, 3.05) is 25.0 Å². The first kappa shape index (κ1) is 10.5. The number of nitrogens with one attached hydrogen (secondary N) is 2. The molecule has 1 fully saturated rings. The van der Waals surface area contributed by atoms with Crippen LogP contribution in [0.5, 0.6) is 0 Å². The first-order valence-electron chi connectivity index (χ1n) is 5.92. The third-order valence-corrected chi connectivity index (χ3v) is 2.95. The summed E-state index contributed by atoms with van der Waals surface area (Å²) in [6.07, 6.45) is 2.41. The van der Waals surface area contributed by atoms with Gasteiger partial charge in [0.25, 0.3) is 0 Å². The van der Waals surface area contributed by atoms with Gasteiger partial charge in [-0.25, -0.2) is 0 Å². The predicted molar refractivity (Wildman–Crippen MR) is 65.3 cm³/mol. The van der Waals surface area contributed by atoms with E-state index in [4.69, 9.17) is 0 Å². The van der Waals surface area contributed by atoms with E-state index in [-0.39, 0.29) is 0 Å². The zero-order valence-corrected chi connectivity index (χ0v) is 9.42. The first-order chi connectivity index (χ1) is 7.38. The van der Waals surface area contributed by atoms with Gasteiger partial charge in [-0.3, -0.25) is 0 Å². The summed E-state index contributed by atoms with van der Waals surface area (Å²) in [5.41, 5.74) is 2.69. The second-order valence-corrected chi connectivity index (χ2v) is 4.35. The second-order valence-electron chi connectivity index (χ2n) is 4.35. The van der Waals surface area contributed by atoms with Crippen LogP contribution in [0.3, 0.4) is 0 Å². The van der Waals surface area contributed by atoms with Crippen LogP contribution in [-0.2, 0) is 6.42 Å². The van der Waals surface area contributed by atoms with E-state index in [1.54, 1.807) is 0 Å². The standard InChI is InChI=1S/C13H20N2/c1-2-3-11-4-6-13(7-5-11)15-10-12-8-14-9-12/h4-7,12,14-15H,2-3,8-10H2,1H3. The maximum Gasteiger partial charge on any atom is 0.0340 e. The summed E-state index contributed by atoms with van der Waals surface area (Å²) in [6.45, 7) is 5.65. The molecular weight excluding hydrogens is 184 g/mol. The summed E-state index contributed by atoms with van der Waals surface area (Å²) in [5, 5.41) is 6.76. The summed E-state index contributed by atoms with van der Waals surface area (Å²) in [5.74, 6) is 0.820. The molecule has 2 N–H and O–H groups in total. The van der Waals surface area contributed by atoms with Crippen molar-refractivity contribution in [1.82, 2.24) is 5.32 Å². The minimum Gasteiger partial charge on any atom is -0.385 e. The van der Waals surface area contributed by atoms with Crippen molar-refractivity contribution in [3.05, 3.63) is 29.8 Å². The Hall–Kier alpha value is -1.02. The fraction of sp³-hybridized carbons (Fsp3) is 0.538. The van der Waals surface area contributed by atoms with Crippen molar-refractivity contribution < 1.29 is 0 Å². The quantitative estimate of drug-likeness (QED) is 0.769. The number of aryl methyl sites for hydroxylation is 1. The van der Waals surface area contributed by atoms with Gasteiger partial charge in [0, 0.05) is 31.2 Å². The van der Waals surface area contributed by atoms with Crippen molar-refractivity contribution in [3.63, 3.8) is 0 Å². The zero-order chi connectivity index (χ0) is 10.5. The Labute approximate surface area is 92.1 Å². The van der Waals surface area contributed by atoms with Gasteiger partial charge in [-0.15, -0.1) is 0 Å². The number of rotatable bonds is 5. The lowest BCUT2D eigenvalue weighted by Gasteiger charge is -2.27. The monoisotopic (exact) mass is 204 g/mol. The molecule has 0 unspecified atom stereocenters. The highest BCUT2D eigenvalue weighted by Crippen LogP contribution is 2.12. The molecule has 2 heteroatoms. The summed E-state index contributed by atoms with van der Waals surface area (Å²) in [7, 11) is 0. The van der Waals surface area contributed by atoms with Crippen LogP contribution >= 0.6 is 0 Å². The van der Waals surface area contributed by atoms with Crippen LogP contribution in [0.1, 0.15) is 18.9 Å². The molecule has 0 radical (unpaired) electrons. The van der Waals surface area contributed by atoms with Crippen LogP contribution < -0.4 is 10.6 Å². The average molecular weight is 204 g/mol. The summed E-state index contributed by atoms with van der Waals surface area (Å²) in [4.78, 5) is 0. The summed E-state index contributed by atoms with van der Waals surface area (Å²) < 4.78 is 0. The van der Waals surface area contributed by atoms with E-state index in [1.165, 1.54) is 37.2 Å². The molecule has 0 spiro atoms. The van der Waals surface area contributed by atoms with Crippen LogP contribution in [0.2, 0.25) is 0 Å². The molecule has 0 aliphatic carbocycles. The Morgan fingerprint density at radius 3 is 2.53 bits per heavy atom. The fourth-order valence-electron chi connectivity index (χ4n) is 1.83. The molecule has 0 aromatic heterocycles. The number of benzene rings is 1.